The van der Waals surface area contributed by atoms with E-state index in [2.05, 4.69) is 93.3 Å². The van der Waals surface area contributed by atoms with Gasteiger partial charge in [0.15, 0.2) is 0 Å². The first-order valence-electron chi connectivity index (χ1n) is 7.59. The molecule has 1 nitrogen and oxygen atoms in total. The van der Waals surface area contributed by atoms with Crippen LogP contribution in [0, 0.1) is 0 Å². The molecule has 0 aliphatic carbocycles. The lowest BCUT2D eigenvalue weighted by Gasteiger charge is -2.07. The molecule has 0 saturated carbocycles. The van der Waals surface area contributed by atoms with Gasteiger partial charge in [-0.25, -0.2) is 0 Å². The topological polar surface area (TPSA) is 4.93 Å². The molecule has 0 spiro atoms. The number of aromatic nitrogens is 1. The second-order valence-electron chi connectivity index (χ2n) is 4.85. The van der Waals surface area contributed by atoms with Crippen molar-refractivity contribution in [1.82, 2.24) is 4.57 Å². The minimum atomic E-state index is 1.10. The summed E-state index contributed by atoms with van der Waals surface area (Å²) in [5.74, 6) is 0. The van der Waals surface area contributed by atoms with Crippen LogP contribution >= 0.6 is 15.9 Å². The zero-order valence-corrected chi connectivity index (χ0v) is 14.3. The van der Waals surface area contributed by atoms with Crippen molar-refractivity contribution in [1.29, 1.82) is 0 Å². The lowest BCUT2D eigenvalue weighted by Crippen LogP contribution is -1.92. The SMILES string of the molecule is Brc1ccc(-n2c3ccccc3c3ccccc32)cc1.CC. The molecule has 0 fully saturated rings. The van der Waals surface area contributed by atoms with Crippen LogP contribution in [0.2, 0.25) is 0 Å². The van der Waals surface area contributed by atoms with Crippen molar-refractivity contribution >= 4 is 37.7 Å². The smallest absolute Gasteiger partial charge is 0.0541 e. The molecule has 0 aliphatic rings. The highest BCUT2D eigenvalue weighted by Crippen LogP contribution is 2.31. The monoisotopic (exact) mass is 351 g/mol. The Bertz CT molecular complexity index is 851. The van der Waals surface area contributed by atoms with E-state index < -0.39 is 0 Å². The minimum Gasteiger partial charge on any atom is -0.309 e. The van der Waals surface area contributed by atoms with E-state index in [1.807, 2.05) is 13.8 Å². The summed E-state index contributed by atoms with van der Waals surface area (Å²) < 4.78 is 3.42. The highest BCUT2D eigenvalue weighted by molar-refractivity contribution is 9.10. The Hall–Kier alpha value is -2.06. The standard InChI is InChI=1S/C18H12BrN.C2H6/c19-13-9-11-14(12-10-13)20-17-7-3-1-5-15(17)16-6-2-4-8-18(16)20;1-2/h1-12H;1-2H3. The fraction of sp³-hybridized carbons (Fsp3) is 0.100. The van der Waals surface area contributed by atoms with Gasteiger partial charge in [0.05, 0.1) is 11.0 Å². The lowest BCUT2D eigenvalue weighted by atomic mass is 10.2. The van der Waals surface area contributed by atoms with E-state index in [1.54, 1.807) is 0 Å². The fourth-order valence-electron chi connectivity index (χ4n) is 2.79. The summed E-state index contributed by atoms with van der Waals surface area (Å²) in [4.78, 5) is 0. The molecule has 2 heteroatoms. The molecule has 1 aromatic heterocycles. The molecule has 0 aliphatic heterocycles. The number of nitrogens with zero attached hydrogens (tertiary/aromatic N) is 1. The molecule has 22 heavy (non-hydrogen) atoms. The molecule has 0 bridgehead atoms. The van der Waals surface area contributed by atoms with Gasteiger partial charge in [-0.15, -0.1) is 0 Å². The average molecular weight is 352 g/mol. The molecule has 4 rings (SSSR count). The van der Waals surface area contributed by atoms with Gasteiger partial charge in [0.25, 0.3) is 0 Å². The third kappa shape index (κ3) is 2.44. The van der Waals surface area contributed by atoms with E-state index in [0.717, 1.165) is 4.47 Å². The van der Waals surface area contributed by atoms with Crippen LogP contribution in [0.4, 0.5) is 0 Å². The van der Waals surface area contributed by atoms with Crippen molar-refractivity contribution in [3.63, 3.8) is 0 Å². The molecule has 0 unspecified atom stereocenters. The van der Waals surface area contributed by atoms with Crippen molar-refractivity contribution < 1.29 is 0 Å². The second kappa shape index (κ2) is 6.37. The number of halogens is 1. The predicted molar refractivity (Wildman–Crippen MR) is 99.8 cm³/mol. The van der Waals surface area contributed by atoms with Crippen LogP contribution in [0.3, 0.4) is 0 Å². The van der Waals surface area contributed by atoms with Crippen LogP contribution in [-0.4, -0.2) is 4.57 Å². The van der Waals surface area contributed by atoms with E-state index in [-0.39, 0.29) is 0 Å². The van der Waals surface area contributed by atoms with E-state index in [1.165, 1.54) is 27.5 Å². The third-order valence-corrected chi connectivity index (χ3v) is 4.19. The van der Waals surface area contributed by atoms with Gasteiger partial charge < -0.3 is 4.57 Å². The molecule has 0 atom stereocenters. The van der Waals surface area contributed by atoms with Crippen LogP contribution in [0.1, 0.15) is 13.8 Å². The van der Waals surface area contributed by atoms with Gasteiger partial charge in [-0.1, -0.05) is 66.2 Å². The highest BCUT2D eigenvalue weighted by atomic mass is 79.9. The Kier molecular flexibility index (Phi) is 4.30. The summed E-state index contributed by atoms with van der Waals surface area (Å²) in [5, 5.41) is 2.59. The Labute approximate surface area is 139 Å². The Morgan fingerprint density at radius 1 is 0.636 bits per heavy atom. The largest absolute Gasteiger partial charge is 0.309 e. The van der Waals surface area contributed by atoms with E-state index >= 15 is 0 Å². The van der Waals surface area contributed by atoms with Crippen molar-refractivity contribution in [3.05, 3.63) is 77.3 Å². The molecule has 0 saturated heterocycles. The average Bonchev–Trinajstić information content (AvgIpc) is 2.92. The molecule has 4 aromatic rings. The number of benzene rings is 3. The fourth-order valence-corrected chi connectivity index (χ4v) is 3.06. The molecule has 0 radical (unpaired) electrons. The van der Waals surface area contributed by atoms with Crippen LogP contribution in [0.15, 0.2) is 77.3 Å². The van der Waals surface area contributed by atoms with Gasteiger partial charge in [0, 0.05) is 20.9 Å². The maximum Gasteiger partial charge on any atom is 0.0541 e. The van der Waals surface area contributed by atoms with Crippen LogP contribution in [-0.2, 0) is 0 Å². The van der Waals surface area contributed by atoms with Crippen molar-refractivity contribution in [2.24, 2.45) is 0 Å². The summed E-state index contributed by atoms with van der Waals surface area (Å²) in [5.41, 5.74) is 3.68. The van der Waals surface area contributed by atoms with Crippen molar-refractivity contribution in [2.75, 3.05) is 0 Å². The number of para-hydroxylation sites is 2. The van der Waals surface area contributed by atoms with Crippen LogP contribution < -0.4 is 0 Å². The molecule has 0 N–H and O–H groups in total. The lowest BCUT2D eigenvalue weighted by molar-refractivity contribution is 1.18. The first-order chi connectivity index (χ1) is 10.8. The van der Waals surface area contributed by atoms with Gasteiger partial charge in [-0.2, -0.15) is 0 Å². The van der Waals surface area contributed by atoms with Gasteiger partial charge >= 0.3 is 0 Å². The highest BCUT2D eigenvalue weighted by Gasteiger charge is 2.10. The molecule has 0 amide bonds. The quantitative estimate of drug-likeness (QED) is 0.365. The first kappa shape index (κ1) is 14.9. The van der Waals surface area contributed by atoms with E-state index in [4.69, 9.17) is 0 Å². The molecule has 1 heterocycles. The van der Waals surface area contributed by atoms with Crippen LogP contribution in [0.25, 0.3) is 27.5 Å². The van der Waals surface area contributed by atoms with E-state index in [9.17, 15) is 0 Å². The first-order valence-corrected chi connectivity index (χ1v) is 8.38. The summed E-state index contributed by atoms with van der Waals surface area (Å²) >= 11 is 3.50. The Morgan fingerprint density at radius 2 is 1.09 bits per heavy atom. The Morgan fingerprint density at radius 3 is 1.59 bits per heavy atom. The number of hydrogen-bond donors (Lipinski definition) is 0. The van der Waals surface area contributed by atoms with Crippen LogP contribution in [0.5, 0.6) is 0 Å². The van der Waals surface area contributed by atoms with Gasteiger partial charge in [-0.3, -0.25) is 0 Å². The normalized spacial score (nSPS) is 10.5. The summed E-state index contributed by atoms with van der Waals surface area (Å²) in [6.45, 7) is 4.00. The Balaban J connectivity index is 0.000000693. The molecule has 3 aromatic carbocycles. The number of fused-ring (bicyclic) bond motifs is 3. The zero-order valence-electron chi connectivity index (χ0n) is 12.8. The maximum absolute atomic E-state index is 3.50. The van der Waals surface area contributed by atoms with Crippen molar-refractivity contribution in [3.8, 4) is 5.69 Å². The second-order valence-corrected chi connectivity index (χ2v) is 5.76. The molecular weight excluding hydrogens is 334 g/mol. The van der Waals surface area contributed by atoms with Gasteiger partial charge in [0.2, 0.25) is 0 Å². The van der Waals surface area contributed by atoms with Gasteiger partial charge in [0.1, 0.15) is 0 Å². The van der Waals surface area contributed by atoms with Gasteiger partial charge in [-0.05, 0) is 36.4 Å². The maximum atomic E-state index is 3.50. The molecule has 110 valence electrons. The molecular formula is C20H18BrN. The predicted octanol–water partition coefficient (Wildman–Crippen LogP) is 6.57. The summed E-state index contributed by atoms with van der Waals surface area (Å²) in [6, 6.07) is 25.6. The zero-order chi connectivity index (χ0) is 15.5. The minimum absolute atomic E-state index is 1.10. The summed E-state index contributed by atoms with van der Waals surface area (Å²) in [6.07, 6.45) is 0. The third-order valence-electron chi connectivity index (χ3n) is 3.66. The summed E-state index contributed by atoms with van der Waals surface area (Å²) in [7, 11) is 0. The number of rotatable bonds is 1. The van der Waals surface area contributed by atoms with E-state index in [0.29, 0.717) is 0 Å². The van der Waals surface area contributed by atoms with Crippen molar-refractivity contribution in [2.45, 2.75) is 13.8 Å². The number of hydrogen-bond acceptors (Lipinski definition) is 0.